The van der Waals surface area contributed by atoms with Crippen LogP contribution >= 0.6 is 23.1 Å². The van der Waals surface area contributed by atoms with Crippen molar-refractivity contribution in [2.24, 2.45) is 5.92 Å². The molecule has 0 saturated carbocycles. The van der Waals surface area contributed by atoms with E-state index in [0.717, 1.165) is 45.4 Å². The zero-order chi connectivity index (χ0) is 19.0. The van der Waals surface area contributed by atoms with E-state index in [1.54, 1.807) is 17.7 Å². The van der Waals surface area contributed by atoms with Gasteiger partial charge in [0, 0.05) is 16.0 Å². The van der Waals surface area contributed by atoms with Crippen molar-refractivity contribution in [1.82, 2.24) is 9.97 Å². The molecule has 3 aromatic rings. The predicted molar refractivity (Wildman–Crippen MR) is 114 cm³/mol. The molecule has 2 heterocycles. The molecule has 1 amide bonds. The summed E-state index contributed by atoms with van der Waals surface area (Å²) < 4.78 is 0. The molecular weight excluding hydrogens is 374 g/mol. The monoisotopic (exact) mass is 397 g/mol. The standard InChI is InChI=1S/C21H23N3OS2/c1-12-4-5-16-17(9-12)27-21-19(16)20(22-11-23-21)26-10-18(25)24-15-7-13(2)6-14(3)8-15/h6-8,11-12H,4-5,9-10H2,1-3H3,(H,24,25)/t12-/m0/s1. The number of thiophene rings is 1. The normalized spacial score (nSPS) is 16.3. The van der Waals surface area contributed by atoms with Gasteiger partial charge in [0.15, 0.2) is 0 Å². The zero-order valence-corrected chi connectivity index (χ0v) is 17.5. The number of carbonyl (C=O) groups excluding carboxylic acids is 1. The van der Waals surface area contributed by atoms with Crippen molar-refractivity contribution in [2.75, 3.05) is 11.1 Å². The second-order valence-electron chi connectivity index (χ2n) is 7.42. The van der Waals surface area contributed by atoms with Crippen LogP contribution in [0.15, 0.2) is 29.6 Å². The highest BCUT2D eigenvalue weighted by atomic mass is 32.2. The third-order valence-corrected chi connectivity index (χ3v) is 7.05. The van der Waals surface area contributed by atoms with Gasteiger partial charge in [0.05, 0.1) is 5.75 Å². The molecule has 1 aliphatic carbocycles. The smallest absolute Gasteiger partial charge is 0.234 e. The highest BCUT2D eigenvalue weighted by Crippen LogP contribution is 2.40. The molecule has 2 aromatic heterocycles. The quantitative estimate of drug-likeness (QED) is 0.488. The Balaban J connectivity index is 1.51. The van der Waals surface area contributed by atoms with Crippen LogP contribution in [-0.2, 0) is 17.6 Å². The third-order valence-electron chi connectivity index (χ3n) is 4.90. The highest BCUT2D eigenvalue weighted by Gasteiger charge is 2.23. The van der Waals surface area contributed by atoms with Crippen molar-refractivity contribution in [3.63, 3.8) is 0 Å². The number of amides is 1. The fourth-order valence-corrected chi connectivity index (χ4v) is 5.97. The van der Waals surface area contributed by atoms with Crippen LogP contribution in [0.3, 0.4) is 0 Å². The second kappa shape index (κ2) is 7.60. The lowest BCUT2D eigenvalue weighted by atomic mass is 9.89. The molecule has 0 radical (unpaired) electrons. The molecule has 27 heavy (non-hydrogen) atoms. The number of aromatic nitrogens is 2. The summed E-state index contributed by atoms with van der Waals surface area (Å²) in [4.78, 5) is 23.9. The van der Waals surface area contributed by atoms with Gasteiger partial charge < -0.3 is 5.32 Å². The Kier molecular flexibility index (Phi) is 5.19. The van der Waals surface area contributed by atoms with E-state index < -0.39 is 0 Å². The van der Waals surface area contributed by atoms with Crippen molar-refractivity contribution in [2.45, 2.75) is 45.1 Å². The number of fused-ring (bicyclic) bond motifs is 3. The third kappa shape index (κ3) is 4.01. The van der Waals surface area contributed by atoms with Crippen LogP contribution in [0, 0.1) is 19.8 Å². The van der Waals surface area contributed by atoms with Crippen LogP contribution in [0.5, 0.6) is 0 Å². The first kappa shape index (κ1) is 18.4. The molecule has 1 aliphatic rings. The van der Waals surface area contributed by atoms with Crippen LogP contribution in [0.4, 0.5) is 5.69 Å². The Morgan fingerprint density at radius 1 is 1.26 bits per heavy atom. The maximum atomic E-state index is 12.4. The fourth-order valence-electron chi connectivity index (χ4n) is 3.73. The lowest BCUT2D eigenvalue weighted by Gasteiger charge is -2.18. The number of anilines is 1. The van der Waals surface area contributed by atoms with E-state index in [-0.39, 0.29) is 5.91 Å². The average molecular weight is 398 g/mol. The second-order valence-corrected chi connectivity index (χ2v) is 9.47. The number of hydrogen-bond acceptors (Lipinski definition) is 5. The number of aryl methyl sites for hydroxylation is 3. The number of hydrogen-bond donors (Lipinski definition) is 1. The molecule has 0 unspecified atom stereocenters. The largest absolute Gasteiger partial charge is 0.325 e. The van der Waals surface area contributed by atoms with Crippen molar-refractivity contribution in [3.05, 3.63) is 46.1 Å². The summed E-state index contributed by atoms with van der Waals surface area (Å²) >= 11 is 3.30. The lowest BCUT2D eigenvalue weighted by molar-refractivity contribution is -0.113. The van der Waals surface area contributed by atoms with E-state index in [4.69, 9.17) is 0 Å². The lowest BCUT2D eigenvalue weighted by Crippen LogP contribution is -2.14. The van der Waals surface area contributed by atoms with Crippen molar-refractivity contribution < 1.29 is 4.79 Å². The van der Waals surface area contributed by atoms with Crippen LogP contribution in [0.25, 0.3) is 10.2 Å². The number of rotatable bonds is 4. The summed E-state index contributed by atoms with van der Waals surface area (Å²) in [5, 5.41) is 5.11. The minimum absolute atomic E-state index is 0.00511. The first-order chi connectivity index (χ1) is 13.0. The molecular formula is C21H23N3OS2. The van der Waals surface area contributed by atoms with Gasteiger partial charge in [-0.1, -0.05) is 24.8 Å². The van der Waals surface area contributed by atoms with Crippen LogP contribution in [-0.4, -0.2) is 21.6 Å². The van der Waals surface area contributed by atoms with Crippen molar-refractivity contribution >= 4 is 44.9 Å². The van der Waals surface area contributed by atoms with Gasteiger partial charge in [0.25, 0.3) is 0 Å². The minimum atomic E-state index is -0.00511. The van der Waals surface area contributed by atoms with Gasteiger partial charge in [-0.05, 0) is 67.9 Å². The van der Waals surface area contributed by atoms with Crippen LogP contribution in [0.1, 0.15) is 34.9 Å². The summed E-state index contributed by atoms with van der Waals surface area (Å²) in [6, 6.07) is 6.09. The Labute approximate surface area is 167 Å². The molecule has 0 aliphatic heterocycles. The van der Waals surface area contributed by atoms with Gasteiger partial charge in [-0.2, -0.15) is 0 Å². The Morgan fingerprint density at radius 3 is 2.81 bits per heavy atom. The Bertz CT molecular complexity index is 992. The van der Waals surface area contributed by atoms with Gasteiger partial charge in [-0.3, -0.25) is 4.79 Å². The summed E-state index contributed by atoms with van der Waals surface area (Å²) in [7, 11) is 0. The molecule has 0 spiro atoms. The topological polar surface area (TPSA) is 54.9 Å². The summed E-state index contributed by atoms with van der Waals surface area (Å²) in [5.74, 6) is 1.08. The van der Waals surface area contributed by atoms with Crippen LogP contribution < -0.4 is 5.32 Å². The van der Waals surface area contributed by atoms with Crippen molar-refractivity contribution in [1.29, 1.82) is 0 Å². The molecule has 1 atom stereocenters. The zero-order valence-electron chi connectivity index (χ0n) is 15.8. The number of nitrogens with zero attached hydrogens (tertiary/aromatic N) is 2. The molecule has 1 N–H and O–H groups in total. The molecule has 4 rings (SSSR count). The number of thioether (sulfide) groups is 1. The first-order valence-corrected chi connectivity index (χ1v) is 11.1. The van der Waals surface area contributed by atoms with Gasteiger partial charge in [-0.15, -0.1) is 11.3 Å². The van der Waals surface area contributed by atoms with E-state index in [9.17, 15) is 4.79 Å². The van der Waals surface area contributed by atoms with Crippen LogP contribution in [0.2, 0.25) is 0 Å². The summed E-state index contributed by atoms with van der Waals surface area (Å²) in [5.41, 5.74) is 4.56. The summed E-state index contributed by atoms with van der Waals surface area (Å²) in [6.07, 6.45) is 5.06. The first-order valence-electron chi connectivity index (χ1n) is 9.26. The van der Waals surface area contributed by atoms with Gasteiger partial charge >= 0.3 is 0 Å². The molecule has 0 saturated heterocycles. The molecule has 0 fully saturated rings. The van der Waals surface area contributed by atoms with E-state index in [2.05, 4.69) is 28.3 Å². The van der Waals surface area contributed by atoms with E-state index >= 15 is 0 Å². The number of carbonyl (C=O) groups is 1. The van der Waals surface area contributed by atoms with Gasteiger partial charge in [0.1, 0.15) is 16.2 Å². The maximum absolute atomic E-state index is 12.4. The predicted octanol–water partition coefficient (Wildman–Crippen LogP) is 5.16. The van der Waals surface area contributed by atoms with Gasteiger partial charge in [-0.25, -0.2) is 9.97 Å². The summed E-state index contributed by atoms with van der Waals surface area (Å²) in [6.45, 7) is 6.39. The molecule has 0 bridgehead atoms. The highest BCUT2D eigenvalue weighted by molar-refractivity contribution is 8.00. The fraction of sp³-hybridized carbons (Fsp3) is 0.381. The van der Waals surface area contributed by atoms with E-state index in [0.29, 0.717) is 5.75 Å². The average Bonchev–Trinajstić information content (AvgIpc) is 2.96. The van der Waals surface area contributed by atoms with Gasteiger partial charge in [0.2, 0.25) is 5.91 Å². The Hall–Kier alpha value is -1.92. The SMILES string of the molecule is Cc1cc(C)cc(NC(=O)CSc2ncnc3sc4c(c23)CC[C@H](C)C4)c1. The maximum Gasteiger partial charge on any atom is 0.234 e. The number of benzene rings is 1. The molecule has 1 aromatic carbocycles. The number of nitrogens with one attached hydrogen (secondary N) is 1. The van der Waals surface area contributed by atoms with E-state index in [1.165, 1.54) is 34.0 Å². The Morgan fingerprint density at radius 2 is 2.04 bits per heavy atom. The molecule has 140 valence electrons. The van der Waals surface area contributed by atoms with E-state index in [1.807, 2.05) is 26.0 Å². The minimum Gasteiger partial charge on any atom is -0.325 e. The van der Waals surface area contributed by atoms with Crippen molar-refractivity contribution in [3.8, 4) is 0 Å². The molecule has 4 nitrogen and oxygen atoms in total. The molecule has 6 heteroatoms.